The Morgan fingerprint density at radius 2 is 2.05 bits per heavy atom. The summed E-state index contributed by atoms with van der Waals surface area (Å²) in [6.45, 7) is 10.5. The molecule has 0 saturated carbocycles. The van der Waals surface area contributed by atoms with E-state index in [2.05, 4.69) is 39.7 Å². The molecule has 0 aliphatic heterocycles. The first-order chi connectivity index (χ1) is 17.9. The smallest absolute Gasteiger partial charge is 0.257 e. The molecule has 0 aliphatic rings. The Hall–Kier alpha value is -3.15. The van der Waals surface area contributed by atoms with Crippen LogP contribution in [-0.2, 0) is 11.3 Å². The van der Waals surface area contributed by atoms with Gasteiger partial charge >= 0.3 is 0 Å². The predicted molar refractivity (Wildman–Crippen MR) is 145 cm³/mol. The lowest BCUT2D eigenvalue weighted by Crippen LogP contribution is -2.28. The summed E-state index contributed by atoms with van der Waals surface area (Å²) in [6.07, 6.45) is 1.74. The molecular formula is C25H30ClN7O3S. The van der Waals surface area contributed by atoms with Crippen LogP contribution < -0.4 is 10.6 Å². The molecule has 37 heavy (non-hydrogen) atoms. The van der Waals surface area contributed by atoms with Crippen LogP contribution in [0.15, 0.2) is 40.1 Å². The quantitative estimate of drug-likeness (QED) is 0.147. The van der Waals surface area contributed by atoms with Gasteiger partial charge in [0.2, 0.25) is 0 Å². The van der Waals surface area contributed by atoms with Crippen LogP contribution in [0.2, 0.25) is 5.02 Å². The van der Waals surface area contributed by atoms with Gasteiger partial charge in [-0.3, -0.25) is 4.79 Å². The number of carbonyl (C=O) groups is 1. The molecule has 196 valence electrons. The molecule has 4 rings (SSSR count). The highest BCUT2D eigenvalue weighted by atomic mass is 35.5. The van der Waals surface area contributed by atoms with E-state index in [1.165, 1.54) is 0 Å². The van der Waals surface area contributed by atoms with E-state index in [0.29, 0.717) is 82.3 Å². The van der Waals surface area contributed by atoms with Gasteiger partial charge in [0, 0.05) is 30.5 Å². The van der Waals surface area contributed by atoms with Crippen molar-refractivity contribution < 1.29 is 14.1 Å². The number of amides is 1. The molecule has 1 aromatic carbocycles. The minimum atomic E-state index is -0.297. The van der Waals surface area contributed by atoms with E-state index in [4.69, 9.17) is 25.8 Å². The van der Waals surface area contributed by atoms with Crippen LogP contribution in [0.4, 0.5) is 5.82 Å². The van der Waals surface area contributed by atoms with Crippen LogP contribution in [0.1, 0.15) is 36.9 Å². The number of rotatable bonds is 12. The van der Waals surface area contributed by atoms with Crippen molar-refractivity contribution >= 4 is 46.1 Å². The fourth-order valence-corrected chi connectivity index (χ4v) is 4.65. The van der Waals surface area contributed by atoms with Crippen molar-refractivity contribution in [3.8, 4) is 11.3 Å². The molecule has 0 fully saturated rings. The van der Waals surface area contributed by atoms with Gasteiger partial charge in [-0.15, -0.1) is 0 Å². The molecule has 0 saturated heterocycles. The molecule has 3 heterocycles. The number of nitrogens with one attached hydrogen (secondary N) is 2. The summed E-state index contributed by atoms with van der Waals surface area (Å²) in [4.78, 5) is 22.5. The second-order valence-corrected chi connectivity index (χ2v) is 10.4. The van der Waals surface area contributed by atoms with Gasteiger partial charge in [-0.1, -0.05) is 60.6 Å². The highest BCUT2D eigenvalue weighted by Crippen LogP contribution is 2.31. The van der Waals surface area contributed by atoms with Crippen LogP contribution in [-0.4, -0.2) is 62.4 Å². The Balaban J connectivity index is 1.50. The van der Waals surface area contributed by atoms with Crippen molar-refractivity contribution in [2.45, 2.75) is 44.6 Å². The van der Waals surface area contributed by atoms with Gasteiger partial charge in [0.25, 0.3) is 5.91 Å². The van der Waals surface area contributed by atoms with Crippen LogP contribution >= 0.6 is 23.4 Å². The summed E-state index contributed by atoms with van der Waals surface area (Å²) < 4.78 is 12.5. The van der Waals surface area contributed by atoms with E-state index >= 15 is 0 Å². The highest BCUT2D eigenvalue weighted by molar-refractivity contribution is 7.99. The molecule has 0 aliphatic carbocycles. The summed E-state index contributed by atoms with van der Waals surface area (Å²) in [5.41, 5.74) is 2.11. The highest BCUT2D eigenvalue weighted by Gasteiger charge is 2.23. The molecule has 0 radical (unpaired) electrons. The number of aryl methyl sites for hydroxylation is 1. The lowest BCUT2D eigenvalue weighted by molar-refractivity contribution is 0.0951. The van der Waals surface area contributed by atoms with Gasteiger partial charge in [0.05, 0.1) is 29.8 Å². The van der Waals surface area contributed by atoms with E-state index in [1.54, 1.807) is 41.7 Å². The molecular weight excluding hydrogens is 514 g/mol. The molecule has 0 bridgehead atoms. The van der Waals surface area contributed by atoms with Crippen LogP contribution in [0.3, 0.4) is 0 Å². The minimum Gasteiger partial charge on any atom is -0.380 e. The van der Waals surface area contributed by atoms with Crippen LogP contribution in [0.5, 0.6) is 0 Å². The average molecular weight is 544 g/mol. The number of benzene rings is 1. The molecule has 0 unspecified atom stereocenters. The monoisotopic (exact) mass is 543 g/mol. The molecule has 4 aromatic rings. The number of hydrogen-bond acceptors (Lipinski definition) is 9. The fourth-order valence-electron chi connectivity index (χ4n) is 3.72. The Morgan fingerprint density at radius 3 is 2.81 bits per heavy atom. The van der Waals surface area contributed by atoms with Gasteiger partial charge in [-0.05, 0) is 19.9 Å². The molecule has 0 spiro atoms. The second kappa shape index (κ2) is 12.4. The van der Waals surface area contributed by atoms with Gasteiger partial charge < -0.3 is 19.9 Å². The summed E-state index contributed by atoms with van der Waals surface area (Å²) in [5.74, 6) is 0.838. The number of ether oxygens (including phenoxy) is 1. The summed E-state index contributed by atoms with van der Waals surface area (Å²) in [6, 6.07) is 7.21. The predicted octanol–water partition coefficient (Wildman–Crippen LogP) is 4.82. The summed E-state index contributed by atoms with van der Waals surface area (Å²) in [7, 11) is 0. The SMILES string of the molecule is CCOCCNc1nc(SC(C)C)nc2c1cnn2CCNC(=O)c1c(-c2ccccc2Cl)noc1C. The van der Waals surface area contributed by atoms with Crippen molar-refractivity contribution in [1.29, 1.82) is 0 Å². The standard InChI is InChI=1S/C25H30ClN7O3S/c1-5-35-13-11-27-22-18-14-29-33(23(18)31-25(30-22)37-15(2)3)12-10-28-24(34)20-16(4)36-32-21(20)17-8-6-7-9-19(17)26/h6-9,14-15H,5,10-13H2,1-4H3,(H,28,34)(H,27,30,31). The van der Waals surface area contributed by atoms with E-state index in [0.717, 1.165) is 5.39 Å². The normalized spacial score (nSPS) is 11.4. The number of thioether (sulfide) groups is 1. The molecule has 12 heteroatoms. The lowest BCUT2D eigenvalue weighted by Gasteiger charge is -2.11. The number of aromatic nitrogens is 5. The van der Waals surface area contributed by atoms with Gasteiger partial charge in [0.15, 0.2) is 10.8 Å². The third-order valence-electron chi connectivity index (χ3n) is 5.39. The zero-order chi connectivity index (χ0) is 26.4. The summed E-state index contributed by atoms with van der Waals surface area (Å²) in [5, 5.41) is 17.2. The van der Waals surface area contributed by atoms with Crippen molar-refractivity contribution in [3.05, 3.63) is 46.8 Å². The minimum absolute atomic E-state index is 0.297. The number of fused-ring (bicyclic) bond motifs is 1. The number of carbonyl (C=O) groups excluding carboxylic acids is 1. The van der Waals surface area contributed by atoms with E-state index in [9.17, 15) is 4.79 Å². The lowest BCUT2D eigenvalue weighted by atomic mass is 10.1. The Bertz CT molecular complexity index is 1370. The molecule has 3 aromatic heterocycles. The zero-order valence-corrected chi connectivity index (χ0v) is 22.8. The van der Waals surface area contributed by atoms with E-state index in [-0.39, 0.29) is 5.91 Å². The number of hydrogen-bond donors (Lipinski definition) is 2. The molecule has 2 N–H and O–H groups in total. The fraction of sp³-hybridized carbons (Fsp3) is 0.400. The van der Waals surface area contributed by atoms with Gasteiger partial charge in [0.1, 0.15) is 22.8 Å². The molecule has 1 amide bonds. The van der Waals surface area contributed by atoms with E-state index < -0.39 is 0 Å². The first-order valence-corrected chi connectivity index (χ1v) is 13.4. The first kappa shape index (κ1) is 26.9. The molecule has 10 nitrogen and oxygen atoms in total. The van der Waals surface area contributed by atoms with Crippen molar-refractivity contribution in [3.63, 3.8) is 0 Å². The zero-order valence-electron chi connectivity index (χ0n) is 21.2. The van der Waals surface area contributed by atoms with Crippen molar-refractivity contribution in [2.75, 3.05) is 31.6 Å². The number of nitrogens with zero attached hydrogens (tertiary/aromatic N) is 5. The van der Waals surface area contributed by atoms with Crippen molar-refractivity contribution in [2.24, 2.45) is 0 Å². The maximum absolute atomic E-state index is 13.1. The second-order valence-electron chi connectivity index (χ2n) is 8.45. The van der Waals surface area contributed by atoms with Gasteiger partial charge in [-0.25, -0.2) is 14.6 Å². The van der Waals surface area contributed by atoms with Gasteiger partial charge in [-0.2, -0.15) is 5.10 Å². The Labute approximate surface area is 224 Å². The summed E-state index contributed by atoms with van der Waals surface area (Å²) >= 11 is 7.91. The Morgan fingerprint density at radius 1 is 1.24 bits per heavy atom. The first-order valence-electron chi connectivity index (χ1n) is 12.1. The maximum atomic E-state index is 13.1. The van der Waals surface area contributed by atoms with E-state index in [1.807, 2.05) is 19.1 Å². The topological polar surface area (TPSA) is 120 Å². The third kappa shape index (κ3) is 6.41. The average Bonchev–Trinajstić information content (AvgIpc) is 3.45. The van der Waals surface area contributed by atoms with Crippen LogP contribution in [0, 0.1) is 6.92 Å². The molecule has 0 atom stereocenters. The number of anilines is 1. The largest absolute Gasteiger partial charge is 0.380 e. The Kier molecular flexibility index (Phi) is 9.01. The number of halogens is 1. The maximum Gasteiger partial charge on any atom is 0.257 e. The third-order valence-corrected chi connectivity index (χ3v) is 6.58. The van der Waals surface area contributed by atoms with Crippen molar-refractivity contribution in [1.82, 2.24) is 30.2 Å². The van der Waals surface area contributed by atoms with Crippen LogP contribution in [0.25, 0.3) is 22.3 Å².